The Morgan fingerprint density at radius 3 is 1.76 bits per heavy atom. The molecule has 0 aliphatic carbocycles. The highest BCUT2D eigenvalue weighted by atomic mass is 16.4. The lowest BCUT2D eigenvalue weighted by atomic mass is 10.0. The summed E-state index contributed by atoms with van der Waals surface area (Å²) >= 11 is 0. The first-order valence-corrected chi connectivity index (χ1v) is 15.5. The van der Waals surface area contributed by atoms with E-state index in [1.54, 1.807) is 13.8 Å². The van der Waals surface area contributed by atoms with Gasteiger partial charge in [0.1, 0.15) is 30.2 Å². The monoisotopic (exact) mass is 704 g/mol. The molecular weight excluding hydrogens is 660 g/mol. The average molecular weight is 705 g/mol. The van der Waals surface area contributed by atoms with E-state index in [-0.39, 0.29) is 25.7 Å². The maximum absolute atomic E-state index is 13.5. The number of aromatic amines is 2. The van der Waals surface area contributed by atoms with Crippen LogP contribution in [-0.2, 0) is 51.2 Å². The number of hydrogen-bond donors (Lipinski definition) is 11. The van der Waals surface area contributed by atoms with Gasteiger partial charge in [0, 0.05) is 43.0 Å². The average Bonchev–Trinajstić information content (AvgIpc) is 3.77. The van der Waals surface area contributed by atoms with Gasteiger partial charge in [0.05, 0.1) is 25.7 Å². The molecule has 2 heterocycles. The fourth-order valence-corrected chi connectivity index (χ4v) is 4.44. The molecule has 0 aliphatic heterocycles. The van der Waals surface area contributed by atoms with Gasteiger partial charge in [-0.25, -0.2) is 14.8 Å². The Morgan fingerprint density at radius 2 is 1.28 bits per heavy atom. The van der Waals surface area contributed by atoms with Crippen molar-refractivity contribution < 1.29 is 43.5 Å². The van der Waals surface area contributed by atoms with E-state index >= 15 is 0 Å². The third-order valence-electron chi connectivity index (χ3n) is 7.16. The second kappa shape index (κ2) is 19.8. The zero-order valence-electron chi connectivity index (χ0n) is 27.8. The predicted octanol–water partition coefficient (Wildman–Crippen LogP) is -4.56. The zero-order valence-corrected chi connectivity index (χ0v) is 27.8. The first kappa shape index (κ1) is 40.3. The Balaban J connectivity index is 2.16. The number of primary amides is 1. The second-order valence-electron chi connectivity index (χ2n) is 11.6. The quantitative estimate of drug-likeness (QED) is 0.0585. The molecule has 2 aromatic heterocycles. The van der Waals surface area contributed by atoms with Gasteiger partial charge in [-0.1, -0.05) is 13.8 Å². The van der Waals surface area contributed by atoms with Crippen molar-refractivity contribution in [1.29, 1.82) is 0 Å². The van der Waals surface area contributed by atoms with Crippen LogP contribution in [-0.4, -0.2) is 116 Å². The van der Waals surface area contributed by atoms with E-state index in [1.807, 2.05) is 0 Å². The Labute approximate surface area is 286 Å². The molecule has 0 saturated heterocycles. The summed E-state index contributed by atoms with van der Waals surface area (Å²) in [5.74, 6) is -7.22. The van der Waals surface area contributed by atoms with Gasteiger partial charge >= 0.3 is 5.97 Å². The fourth-order valence-electron chi connectivity index (χ4n) is 4.44. The summed E-state index contributed by atoms with van der Waals surface area (Å²) in [6.45, 7) is 3.50. The van der Waals surface area contributed by atoms with Crippen molar-refractivity contribution in [3.05, 3.63) is 36.4 Å². The van der Waals surface area contributed by atoms with Crippen molar-refractivity contribution in [2.75, 3.05) is 13.1 Å². The third kappa shape index (κ3) is 13.7. The van der Waals surface area contributed by atoms with Gasteiger partial charge < -0.3 is 58.4 Å². The summed E-state index contributed by atoms with van der Waals surface area (Å²) < 4.78 is 0. The number of imidazole rings is 2. The molecule has 7 amide bonds. The van der Waals surface area contributed by atoms with Crippen molar-refractivity contribution in [2.45, 2.75) is 76.7 Å². The number of aliphatic carboxylic acids is 1. The van der Waals surface area contributed by atoms with Crippen LogP contribution in [0, 0.1) is 5.92 Å². The number of carbonyl (C=O) groups excluding carboxylic acids is 7. The second-order valence-corrected chi connectivity index (χ2v) is 11.6. The van der Waals surface area contributed by atoms with Gasteiger partial charge in [0.15, 0.2) is 0 Å². The molecule has 0 aromatic carbocycles. The van der Waals surface area contributed by atoms with Crippen LogP contribution >= 0.6 is 0 Å². The maximum atomic E-state index is 13.5. The van der Waals surface area contributed by atoms with E-state index in [1.165, 1.54) is 32.0 Å². The molecule has 0 fully saturated rings. The Kier molecular flexibility index (Phi) is 16.0. The minimum atomic E-state index is -1.42. The molecule has 13 N–H and O–H groups in total. The van der Waals surface area contributed by atoms with E-state index in [2.05, 4.69) is 51.8 Å². The minimum Gasteiger partial charge on any atom is -0.480 e. The van der Waals surface area contributed by atoms with Crippen LogP contribution in [0.1, 0.15) is 45.0 Å². The van der Waals surface area contributed by atoms with Gasteiger partial charge in [-0.15, -0.1) is 0 Å². The zero-order chi connectivity index (χ0) is 37.4. The van der Waals surface area contributed by atoms with Crippen molar-refractivity contribution in [1.82, 2.24) is 51.8 Å². The van der Waals surface area contributed by atoms with Crippen LogP contribution in [0.2, 0.25) is 0 Å². The number of hydrogen-bond acceptors (Lipinski definition) is 11. The number of carbonyl (C=O) groups is 8. The van der Waals surface area contributed by atoms with Crippen molar-refractivity contribution in [2.24, 2.45) is 17.4 Å². The summed E-state index contributed by atoms with van der Waals surface area (Å²) in [5, 5.41) is 23.8. The van der Waals surface area contributed by atoms with Crippen molar-refractivity contribution in [3.63, 3.8) is 0 Å². The number of carboxylic acids is 1. The number of rotatable bonds is 21. The van der Waals surface area contributed by atoms with Gasteiger partial charge in [-0.05, 0) is 19.3 Å². The number of aromatic nitrogens is 4. The molecule has 274 valence electrons. The minimum absolute atomic E-state index is 0.00509. The molecule has 21 heteroatoms. The summed E-state index contributed by atoms with van der Waals surface area (Å²) in [6.07, 6.45) is 4.79. The number of amides is 7. The Hall–Kier alpha value is -5.86. The standard InChI is InChI=1S/C29H44N12O9/c1-14(2)24(29(49)50)41-23(44)11-34-26(46)19(6-16-9-32-12-35-16)40-27(47)18(4-5-21(31)42)39-25(45)15(3)37-28(48)20(38-22(43)8-30)7-17-10-33-13-36-17/h9-10,12-15,18-20,24H,4-8,11,30H2,1-3H3,(H2,31,42)(H,32,35)(H,33,36)(H,34,46)(H,37,48)(H,38,43)(H,39,45)(H,40,47)(H,41,44)(H,49,50)/t15-,18-,19-,20-,24-/m0/s1. The van der Waals surface area contributed by atoms with Crippen LogP contribution in [0.5, 0.6) is 0 Å². The number of carboxylic acid groups (broad SMARTS) is 1. The Bertz CT molecular complexity index is 1480. The molecule has 2 rings (SSSR count). The molecule has 0 radical (unpaired) electrons. The maximum Gasteiger partial charge on any atom is 0.326 e. The van der Waals surface area contributed by atoms with Gasteiger partial charge in [0.25, 0.3) is 0 Å². The number of nitrogens with one attached hydrogen (secondary N) is 8. The number of nitrogens with two attached hydrogens (primary N) is 2. The normalized spacial score (nSPS) is 13.9. The fraction of sp³-hybridized carbons (Fsp3) is 0.517. The third-order valence-corrected chi connectivity index (χ3v) is 7.16. The van der Waals surface area contributed by atoms with Gasteiger partial charge in [0.2, 0.25) is 41.4 Å². The summed E-state index contributed by atoms with van der Waals surface area (Å²) in [4.78, 5) is 114. The van der Waals surface area contributed by atoms with E-state index in [9.17, 15) is 43.5 Å². The lowest BCUT2D eigenvalue weighted by Crippen LogP contribution is -2.58. The highest BCUT2D eigenvalue weighted by molar-refractivity contribution is 5.96. The molecule has 0 saturated carbocycles. The Morgan fingerprint density at radius 1 is 0.740 bits per heavy atom. The van der Waals surface area contributed by atoms with E-state index in [0.29, 0.717) is 11.4 Å². The van der Waals surface area contributed by atoms with Crippen LogP contribution in [0.3, 0.4) is 0 Å². The first-order valence-electron chi connectivity index (χ1n) is 15.5. The lowest BCUT2D eigenvalue weighted by molar-refractivity contribution is -0.143. The van der Waals surface area contributed by atoms with Gasteiger partial charge in [-0.3, -0.25) is 33.6 Å². The molecule has 2 aromatic rings. The molecule has 21 nitrogen and oxygen atoms in total. The van der Waals surface area contributed by atoms with Gasteiger partial charge in [-0.2, -0.15) is 0 Å². The predicted molar refractivity (Wildman–Crippen MR) is 173 cm³/mol. The summed E-state index contributed by atoms with van der Waals surface area (Å²) in [6, 6.07) is -6.35. The van der Waals surface area contributed by atoms with Crippen LogP contribution in [0.25, 0.3) is 0 Å². The molecule has 5 atom stereocenters. The topological polar surface area (TPSA) is 338 Å². The molecule has 0 bridgehead atoms. The smallest absolute Gasteiger partial charge is 0.326 e. The van der Waals surface area contributed by atoms with E-state index in [0.717, 1.165) is 0 Å². The van der Waals surface area contributed by atoms with Crippen LogP contribution < -0.4 is 43.4 Å². The first-order chi connectivity index (χ1) is 23.6. The summed E-state index contributed by atoms with van der Waals surface area (Å²) in [7, 11) is 0. The molecule has 0 spiro atoms. The highest BCUT2D eigenvalue weighted by Crippen LogP contribution is 2.05. The van der Waals surface area contributed by atoms with E-state index in [4.69, 9.17) is 11.5 Å². The molecule has 0 aliphatic rings. The number of H-pyrrole nitrogens is 2. The molecule has 50 heavy (non-hydrogen) atoms. The number of nitrogens with zero attached hydrogens (tertiary/aromatic N) is 2. The van der Waals surface area contributed by atoms with E-state index < -0.39 is 96.5 Å². The van der Waals surface area contributed by atoms with Crippen LogP contribution in [0.4, 0.5) is 0 Å². The van der Waals surface area contributed by atoms with Crippen LogP contribution in [0.15, 0.2) is 25.0 Å². The summed E-state index contributed by atoms with van der Waals surface area (Å²) in [5.41, 5.74) is 11.6. The molecular formula is C29H44N12O9. The molecule has 0 unspecified atom stereocenters. The SMILES string of the molecule is CC(C)[C@H](NC(=O)CNC(=O)[C@H](Cc1cnc[nH]1)NC(=O)[C@H](CCC(N)=O)NC(=O)[C@H](C)NC(=O)[C@H](Cc1cnc[nH]1)NC(=O)CN)C(=O)O. The van der Waals surface area contributed by atoms with Crippen molar-refractivity contribution >= 4 is 47.3 Å². The largest absolute Gasteiger partial charge is 0.480 e. The highest BCUT2D eigenvalue weighted by Gasteiger charge is 2.31. The lowest BCUT2D eigenvalue weighted by Gasteiger charge is -2.25. The van der Waals surface area contributed by atoms with Crippen molar-refractivity contribution in [3.8, 4) is 0 Å².